The van der Waals surface area contributed by atoms with Gasteiger partial charge in [-0.15, -0.1) is 0 Å². The minimum atomic E-state index is -0.105. The van der Waals surface area contributed by atoms with Crippen molar-refractivity contribution in [1.82, 2.24) is 0 Å². The van der Waals surface area contributed by atoms with E-state index in [0.717, 1.165) is 11.5 Å². The van der Waals surface area contributed by atoms with Gasteiger partial charge < -0.3 is 9.32 Å². The number of nitrogens with zero attached hydrogens (tertiary/aromatic N) is 2. The van der Waals surface area contributed by atoms with E-state index in [1.807, 2.05) is 0 Å². The smallest absolute Gasteiger partial charge is 0.257 e. The van der Waals surface area contributed by atoms with Gasteiger partial charge in [-0.1, -0.05) is 134 Å². The van der Waals surface area contributed by atoms with Gasteiger partial charge in [0.1, 0.15) is 5.58 Å². The molecule has 2 bridgehead atoms. The van der Waals surface area contributed by atoms with E-state index in [1.165, 1.54) is 116 Å². The van der Waals surface area contributed by atoms with Crippen molar-refractivity contribution in [3.63, 3.8) is 0 Å². The summed E-state index contributed by atoms with van der Waals surface area (Å²) < 4.78 is 7.57. The molecule has 1 saturated carbocycles. The lowest BCUT2D eigenvalue weighted by molar-refractivity contribution is 0.332. The number of hydrogen-bond donors (Lipinski definition) is 0. The van der Waals surface area contributed by atoms with Crippen molar-refractivity contribution >= 4 is 68.4 Å². The molecule has 4 heteroatoms. The minimum Gasteiger partial charge on any atom is -0.440 e. The Kier molecular flexibility index (Phi) is 8.18. The van der Waals surface area contributed by atoms with Crippen molar-refractivity contribution in [2.24, 2.45) is 0 Å². The van der Waals surface area contributed by atoms with E-state index < -0.39 is 0 Å². The second kappa shape index (κ2) is 12.6. The van der Waals surface area contributed by atoms with Gasteiger partial charge in [0.2, 0.25) is 5.88 Å². The highest BCUT2D eigenvalue weighted by molar-refractivity contribution is 7.01. The van der Waals surface area contributed by atoms with Crippen molar-refractivity contribution in [2.45, 2.75) is 174 Å². The molecule has 11 rings (SSSR count). The first-order chi connectivity index (χ1) is 29.3. The topological polar surface area (TPSA) is 19.6 Å². The molecule has 2 unspecified atom stereocenters. The maximum atomic E-state index is 7.57. The van der Waals surface area contributed by atoms with Crippen molar-refractivity contribution in [2.75, 3.05) is 9.80 Å². The SMILES string of the molecule is CC(C)(C)c1ccc(N2c3ccc(C(C)(C)C)cc3B3c4c2cc(C(C)(C)C)cc4N(c2ccc4c(c2)C(C)(C)CCC4(C)C)c2oc4cc5c(cc4c23)C2(C)CCC5(C)C2)cc1. The van der Waals surface area contributed by atoms with Crippen LogP contribution in [-0.4, -0.2) is 6.71 Å². The number of anilines is 6. The van der Waals surface area contributed by atoms with Crippen LogP contribution in [0.5, 0.6) is 0 Å². The van der Waals surface area contributed by atoms with E-state index in [-0.39, 0.29) is 44.6 Å². The largest absolute Gasteiger partial charge is 0.440 e. The monoisotopic (exact) mass is 833 g/mol. The van der Waals surface area contributed by atoms with E-state index in [4.69, 9.17) is 4.42 Å². The van der Waals surface area contributed by atoms with E-state index in [9.17, 15) is 0 Å². The van der Waals surface area contributed by atoms with Gasteiger partial charge in [0.15, 0.2) is 0 Å². The van der Waals surface area contributed by atoms with Gasteiger partial charge in [-0.25, -0.2) is 0 Å². The van der Waals surface area contributed by atoms with Gasteiger partial charge in [-0.3, -0.25) is 4.90 Å². The van der Waals surface area contributed by atoms with Crippen LogP contribution in [-0.2, 0) is 37.9 Å². The lowest BCUT2D eigenvalue weighted by Crippen LogP contribution is -2.61. The van der Waals surface area contributed by atoms with Crippen LogP contribution in [0.15, 0.2) is 89.3 Å². The zero-order chi connectivity index (χ0) is 44.8. The van der Waals surface area contributed by atoms with Gasteiger partial charge in [-0.2, -0.15) is 0 Å². The predicted molar refractivity (Wildman–Crippen MR) is 270 cm³/mol. The summed E-state index contributed by atoms with van der Waals surface area (Å²) in [5.41, 5.74) is 21.7. The Morgan fingerprint density at radius 2 is 1.03 bits per heavy atom. The van der Waals surface area contributed by atoms with Crippen LogP contribution in [0.25, 0.3) is 11.0 Å². The standard InChI is InChI=1S/C59H69BN2O/c1-53(2,3)35-16-19-38(20-17-35)61-46-23-18-36(54(4,5)6)28-45(46)60-50-40-32-43-44(59(15)27-26-58(43,14)34-59)33-49(40)63-52(50)62(48-30-37(55(7,8)9)29-47(61)51(48)60)39-21-22-41-42(31-39)57(12,13)25-24-56(41,10)11/h16-23,28-33H,24-27,34H2,1-15H3. The van der Waals surface area contributed by atoms with Gasteiger partial charge in [0, 0.05) is 39.3 Å². The summed E-state index contributed by atoms with van der Waals surface area (Å²) in [5.74, 6) is 0.980. The molecule has 3 nitrogen and oxygen atoms in total. The van der Waals surface area contributed by atoms with Crippen LogP contribution in [0.1, 0.15) is 175 Å². The lowest BCUT2D eigenvalue weighted by atomic mass is 9.33. The van der Waals surface area contributed by atoms with Crippen molar-refractivity contribution in [3.8, 4) is 0 Å². The van der Waals surface area contributed by atoms with Crippen LogP contribution in [0.2, 0.25) is 0 Å². The molecule has 0 amide bonds. The molecular formula is C59H69BN2O. The molecule has 0 radical (unpaired) electrons. The molecule has 3 aliphatic carbocycles. The van der Waals surface area contributed by atoms with Gasteiger partial charge in [0.25, 0.3) is 6.71 Å². The molecule has 5 aliphatic rings. The first-order valence-electron chi connectivity index (χ1n) is 24.1. The van der Waals surface area contributed by atoms with Crippen LogP contribution in [0.4, 0.5) is 34.3 Å². The Morgan fingerprint density at radius 1 is 0.476 bits per heavy atom. The van der Waals surface area contributed by atoms with Crippen molar-refractivity contribution in [1.29, 1.82) is 0 Å². The fourth-order valence-electron chi connectivity index (χ4n) is 12.9. The Morgan fingerprint density at radius 3 is 1.65 bits per heavy atom. The Balaban J connectivity index is 1.27. The highest BCUT2D eigenvalue weighted by atomic mass is 16.4. The Labute approximate surface area is 378 Å². The van der Waals surface area contributed by atoms with E-state index in [0.29, 0.717) is 0 Å². The predicted octanol–water partition coefficient (Wildman–Crippen LogP) is 14.5. The third-order valence-corrected chi connectivity index (χ3v) is 17.0. The molecule has 0 spiro atoms. The quantitative estimate of drug-likeness (QED) is 0.162. The van der Waals surface area contributed by atoms with Gasteiger partial charge >= 0.3 is 0 Å². The maximum Gasteiger partial charge on any atom is 0.257 e. The van der Waals surface area contributed by atoms with Gasteiger partial charge in [0.05, 0.1) is 0 Å². The first-order valence-corrected chi connectivity index (χ1v) is 24.1. The third-order valence-electron chi connectivity index (χ3n) is 17.0. The summed E-state index contributed by atoms with van der Waals surface area (Å²) in [6.45, 7) is 35.9. The normalized spacial score (nSPS) is 22.8. The second-order valence-corrected chi connectivity index (χ2v) is 25.6. The third kappa shape index (κ3) is 5.84. The van der Waals surface area contributed by atoms with Crippen LogP contribution in [0, 0.1) is 0 Å². The molecule has 324 valence electrons. The van der Waals surface area contributed by atoms with Crippen LogP contribution >= 0.6 is 0 Å². The van der Waals surface area contributed by atoms with E-state index in [1.54, 1.807) is 5.56 Å². The number of furan rings is 1. The highest BCUT2D eigenvalue weighted by Crippen LogP contribution is 2.61. The Bertz CT molecular complexity index is 2920. The first kappa shape index (κ1) is 41.0. The van der Waals surface area contributed by atoms with Crippen LogP contribution in [0.3, 0.4) is 0 Å². The number of rotatable bonds is 2. The number of benzene rings is 5. The van der Waals surface area contributed by atoms with Gasteiger partial charge in [-0.05, 0) is 174 Å². The highest BCUT2D eigenvalue weighted by Gasteiger charge is 2.54. The fraction of sp³-hybridized carbons (Fsp3) is 0.458. The average Bonchev–Trinajstić information content (AvgIpc) is 3.81. The lowest BCUT2D eigenvalue weighted by Gasteiger charge is -2.45. The summed E-state index contributed by atoms with van der Waals surface area (Å²) in [6.07, 6.45) is 6.09. The zero-order valence-corrected chi connectivity index (χ0v) is 41.0. The maximum absolute atomic E-state index is 7.57. The van der Waals surface area contributed by atoms with E-state index >= 15 is 0 Å². The minimum absolute atomic E-state index is 0.0213. The zero-order valence-electron chi connectivity index (χ0n) is 41.0. The average molecular weight is 833 g/mol. The molecule has 3 heterocycles. The molecule has 1 aromatic heterocycles. The molecule has 6 aromatic rings. The summed E-state index contributed by atoms with van der Waals surface area (Å²) in [6, 6.07) is 34.4. The molecule has 63 heavy (non-hydrogen) atoms. The molecule has 2 aliphatic heterocycles. The number of hydrogen-bond acceptors (Lipinski definition) is 3. The fourth-order valence-corrected chi connectivity index (χ4v) is 12.9. The van der Waals surface area contributed by atoms with Crippen molar-refractivity contribution < 1.29 is 4.42 Å². The summed E-state index contributed by atoms with van der Waals surface area (Å²) in [7, 11) is 0. The molecular weight excluding hydrogens is 763 g/mol. The number of fused-ring (bicyclic) bond motifs is 12. The van der Waals surface area contributed by atoms with Crippen LogP contribution < -0.4 is 26.2 Å². The molecule has 1 fully saturated rings. The second-order valence-electron chi connectivity index (χ2n) is 25.6. The van der Waals surface area contributed by atoms with Crippen molar-refractivity contribution in [3.05, 3.63) is 124 Å². The summed E-state index contributed by atoms with van der Waals surface area (Å²) >= 11 is 0. The molecule has 2 atom stereocenters. The van der Waals surface area contributed by atoms with E-state index in [2.05, 4.69) is 199 Å². The Hall–Kier alpha value is -4.70. The molecule has 0 N–H and O–H groups in total. The molecule has 0 saturated heterocycles. The molecule has 5 aromatic carbocycles. The summed E-state index contributed by atoms with van der Waals surface area (Å²) in [4.78, 5) is 5.15. The summed E-state index contributed by atoms with van der Waals surface area (Å²) in [5, 5.41) is 1.28.